The first-order valence-corrected chi connectivity index (χ1v) is 10.5. The van der Waals surface area contributed by atoms with Crippen LogP contribution in [0.15, 0.2) is 48.5 Å². The highest BCUT2D eigenvalue weighted by molar-refractivity contribution is 5.79. The van der Waals surface area contributed by atoms with Crippen LogP contribution in [-0.4, -0.2) is 42.4 Å². The molecule has 148 valence electrons. The standard InChI is InChI=1S/C24H29NO3/c26-16-6-5-7-18-12-14-25(15-13-18)24(27)28-17-23-21-10-3-1-8-19(21)20-9-2-4-11-22(20)23/h1-4,8-11,18,23,26H,5-7,12-17H2. The third-order valence-electron chi connectivity index (χ3n) is 6.23. The molecule has 0 saturated carbocycles. The first kappa shape index (κ1) is 19.0. The zero-order valence-corrected chi connectivity index (χ0v) is 16.3. The van der Waals surface area contributed by atoms with Crippen LogP contribution >= 0.6 is 0 Å². The van der Waals surface area contributed by atoms with Gasteiger partial charge in [0.25, 0.3) is 0 Å². The fraction of sp³-hybridized carbons (Fsp3) is 0.458. The van der Waals surface area contributed by atoms with Gasteiger partial charge in [0.1, 0.15) is 6.61 Å². The van der Waals surface area contributed by atoms with Crippen LogP contribution in [0.4, 0.5) is 4.79 Å². The zero-order chi connectivity index (χ0) is 19.3. The number of hydrogen-bond donors (Lipinski definition) is 1. The molecule has 0 atom stereocenters. The minimum absolute atomic E-state index is 0.118. The Labute approximate surface area is 167 Å². The number of aliphatic hydroxyl groups excluding tert-OH is 1. The highest BCUT2D eigenvalue weighted by atomic mass is 16.6. The van der Waals surface area contributed by atoms with E-state index in [1.807, 2.05) is 4.90 Å². The number of likely N-dealkylation sites (tertiary alicyclic amines) is 1. The summed E-state index contributed by atoms with van der Waals surface area (Å²) in [5.74, 6) is 0.788. The van der Waals surface area contributed by atoms with E-state index in [1.54, 1.807) is 0 Å². The van der Waals surface area contributed by atoms with Gasteiger partial charge in [-0.2, -0.15) is 0 Å². The SMILES string of the molecule is O=C(OCC1c2ccccc2-c2ccccc21)N1CCC(CCCCO)CC1. The molecule has 1 heterocycles. The molecule has 4 rings (SSSR count). The quantitative estimate of drug-likeness (QED) is 0.733. The molecule has 0 unspecified atom stereocenters. The molecule has 0 spiro atoms. The molecule has 1 saturated heterocycles. The summed E-state index contributed by atoms with van der Waals surface area (Å²) >= 11 is 0. The van der Waals surface area contributed by atoms with Gasteiger partial charge in [-0.3, -0.25) is 0 Å². The van der Waals surface area contributed by atoms with Crippen molar-refractivity contribution in [1.29, 1.82) is 0 Å². The van der Waals surface area contributed by atoms with Crippen LogP contribution < -0.4 is 0 Å². The van der Waals surface area contributed by atoms with Gasteiger partial charge in [0, 0.05) is 25.6 Å². The number of unbranched alkanes of at least 4 members (excludes halogenated alkanes) is 1. The number of aliphatic hydroxyl groups is 1. The number of benzene rings is 2. The summed E-state index contributed by atoms with van der Waals surface area (Å²) in [6, 6.07) is 16.8. The molecule has 4 nitrogen and oxygen atoms in total. The molecule has 1 amide bonds. The second kappa shape index (κ2) is 8.78. The van der Waals surface area contributed by atoms with E-state index in [1.165, 1.54) is 22.3 Å². The van der Waals surface area contributed by atoms with E-state index in [4.69, 9.17) is 9.84 Å². The van der Waals surface area contributed by atoms with Crippen LogP contribution in [0, 0.1) is 5.92 Å². The molecule has 2 aliphatic rings. The van der Waals surface area contributed by atoms with E-state index < -0.39 is 0 Å². The van der Waals surface area contributed by atoms with Gasteiger partial charge >= 0.3 is 6.09 Å². The maximum atomic E-state index is 12.6. The van der Waals surface area contributed by atoms with Crippen molar-refractivity contribution in [3.8, 4) is 11.1 Å². The third-order valence-corrected chi connectivity index (χ3v) is 6.23. The third kappa shape index (κ3) is 3.93. The van der Waals surface area contributed by atoms with Crippen molar-refractivity contribution in [2.75, 3.05) is 26.3 Å². The highest BCUT2D eigenvalue weighted by Gasteiger charge is 2.30. The smallest absolute Gasteiger partial charge is 0.409 e. The van der Waals surface area contributed by atoms with Gasteiger partial charge in [0.05, 0.1) is 0 Å². The number of carbonyl (C=O) groups excluding carboxylic acids is 1. The Morgan fingerprint density at radius 2 is 1.57 bits per heavy atom. The van der Waals surface area contributed by atoms with E-state index in [0.29, 0.717) is 12.5 Å². The van der Waals surface area contributed by atoms with Crippen molar-refractivity contribution in [3.05, 3.63) is 59.7 Å². The minimum atomic E-state index is -0.185. The fourth-order valence-corrected chi connectivity index (χ4v) is 4.63. The van der Waals surface area contributed by atoms with E-state index in [2.05, 4.69) is 48.5 Å². The Kier molecular flexibility index (Phi) is 5.96. The topological polar surface area (TPSA) is 49.8 Å². The fourth-order valence-electron chi connectivity index (χ4n) is 4.63. The second-order valence-corrected chi connectivity index (χ2v) is 7.95. The molecule has 0 radical (unpaired) electrons. The monoisotopic (exact) mass is 379 g/mol. The first-order chi connectivity index (χ1) is 13.8. The van der Waals surface area contributed by atoms with Crippen molar-refractivity contribution < 1.29 is 14.6 Å². The van der Waals surface area contributed by atoms with Crippen molar-refractivity contribution in [3.63, 3.8) is 0 Å². The maximum Gasteiger partial charge on any atom is 0.409 e. The number of fused-ring (bicyclic) bond motifs is 3. The number of carbonyl (C=O) groups is 1. The lowest BCUT2D eigenvalue weighted by atomic mass is 9.92. The molecule has 28 heavy (non-hydrogen) atoms. The van der Waals surface area contributed by atoms with Crippen molar-refractivity contribution in [1.82, 2.24) is 4.90 Å². The van der Waals surface area contributed by atoms with Crippen molar-refractivity contribution in [2.24, 2.45) is 5.92 Å². The highest BCUT2D eigenvalue weighted by Crippen LogP contribution is 2.44. The van der Waals surface area contributed by atoms with Crippen molar-refractivity contribution in [2.45, 2.75) is 38.0 Å². The molecule has 1 N–H and O–H groups in total. The van der Waals surface area contributed by atoms with Gasteiger partial charge in [-0.15, -0.1) is 0 Å². The molecule has 4 heteroatoms. The largest absolute Gasteiger partial charge is 0.448 e. The molecule has 1 aliphatic heterocycles. The average Bonchev–Trinajstić information content (AvgIpc) is 3.06. The van der Waals surface area contributed by atoms with Gasteiger partial charge in [-0.1, -0.05) is 61.4 Å². The zero-order valence-electron chi connectivity index (χ0n) is 16.3. The summed E-state index contributed by atoms with van der Waals surface area (Å²) < 4.78 is 5.77. The normalized spacial score (nSPS) is 16.7. The van der Waals surface area contributed by atoms with E-state index >= 15 is 0 Å². The van der Waals surface area contributed by atoms with Crippen LogP contribution in [0.1, 0.15) is 49.1 Å². The Hall–Kier alpha value is -2.33. The number of amides is 1. The van der Waals surface area contributed by atoms with Crippen molar-refractivity contribution >= 4 is 6.09 Å². The van der Waals surface area contributed by atoms with Gasteiger partial charge in [-0.05, 0) is 47.4 Å². The molecule has 1 aliphatic carbocycles. The van der Waals surface area contributed by atoms with Gasteiger partial charge in [-0.25, -0.2) is 4.79 Å². The van der Waals surface area contributed by atoms with E-state index in [0.717, 1.165) is 45.2 Å². The van der Waals surface area contributed by atoms with Gasteiger partial charge in [0.15, 0.2) is 0 Å². The predicted molar refractivity (Wildman–Crippen MR) is 110 cm³/mol. The van der Waals surface area contributed by atoms with Crippen LogP contribution in [0.3, 0.4) is 0 Å². The minimum Gasteiger partial charge on any atom is -0.448 e. The predicted octanol–water partition coefficient (Wildman–Crippen LogP) is 4.81. The molecular weight excluding hydrogens is 350 g/mol. The maximum absolute atomic E-state index is 12.6. The summed E-state index contributed by atoms with van der Waals surface area (Å²) in [5, 5.41) is 8.91. The Bertz CT molecular complexity index is 766. The average molecular weight is 380 g/mol. The number of hydrogen-bond acceptors (Lipinski definition) is 3. The molecule has 2 aromatic carbocycles. The summed E-state index contributed by atoms with van der Waals surface area (Å²) in [7, 11) is 0. The molecule has 1 fully saturated rings. The number of rotatable bonds is 6. The lowest BCUT2D eigenvalue weighted by Gasteiger charge is -2.31. The summed E-state index contributed by atoms with van der Waals surface area (Å²) in [6.45, 7) is 2.23. The Morgan fingerprint density at radius 3 is 2.18 bits per heavy atom. The van der Waals surface area contributed by atoms with Crippen LogP contribution in [-0.2, 0) is 4.74 Å². The number of piperidine rings is 1. The van der Waals surface area contributed by atoms with Gasteiger partial charge in [0.2, 0.25) is 0 Å². The number of ether oxygens (including phenoxy) is 1. The molecular formula is C24H29NO3. The van der Waals surface area contributed by atoms with Crippen LogP contribution in [0.2, 0.25) is 0 Å². The molecule has 0 aromatic heterocycles. The van der Waals surface area contributed by atoms with Crippen LogP contribution in [0.25, 0.3) is 11.1 Å². The Morgan fingerprint density at radius 1 is 0.964 bits per heavy atom. The van der Waals surface area contributed by atoms with Crippen LogP contribution in [0.5, 0.6) is 0 Å². The van der Waals surface area contributed by atoms with Gasteiger partial charge < -0.3 is 14.7 Å². The molecule has 0 bridgehead atoms. The summed E-state index contributed by atoms with van der Waals surface area (Å²) in [4.78, 5) is 14.5. The second-order valence-electron chi connectivity index (χ2n) is 7.95. The first-order valence-electron chi connectivity index (χ1n) is 10.5. The lowest BCUT2D eigenvalue weighted by Crippen LogP contribution is -2.39. The number of nitrogens with zero attached hydrogens (tertiary/aromatic N) is 1. The molecule has 2 aromatic rings. The van der Waals surface area contributed by atoms with E-state index in [9.17, 15) is 4.79 Å². The Balaban J connectivity index is 1.33. The lowest BCUT2D eigenvalue weighted by molar-refractivity contribution is 0.0844. The summed E-state index contributed by atoms with van der Waals surface area (Å²) in [6.07, 6.45) is 5.00. The van der Waals surface area contributed by atoms with E-state index in [-0.39, 0.29) is 18.6 Å². The summed E-state index contributed by atoms with van der Waals surface area (Å²) in [5.41, 5.74) is 5.00.